The van der Waals surface area contributed by atoms with Crippen LogP contribution < -0.4 is 0 Å². The number of carbonyl (C=O) groups excluding carboxylic acids is 3. The molecule has 3 aliphatic rings. The summed E-state index contributed by atoms with van der Waals surface area (Å²) in [7, 11) is 0. The van der Waals surface area contributed by atoms with Crippen molar-refractivity contribution in [3.05, 3.63) is 53.1 Å². The van der Waals surface area contributed by atoms with Gasteiger partial charge in [0.2, 0.25) is 5.76 Å². The molecule has 10 heteroatoms. The van der Waals surface area contributed by atoms with Crippen LogP contribution in [0.5, 0.6) is 0 Å². The van der Waals surface area contributed by atoms with Crippen LogP contribution in [0.4, 0.5) is 0 Å². The highest BCUT2D eigenvalue weighted by Gasteiger charge is 2.71. The fourth-order valence-corrected chi connectivity index (χ4v) is 6.69. The number of aromatic nitrogens is 1. The number of cyclic esters (lactones) is 1. The van der Waals surface area contributed by atoms with Gasteiger partial charge in [-0.15, -0.1) is 0 Å². The molecule has 1 aromatic rings. The van der Waals surface area contributed by atoms with Crippen molar-refractivity contribution in [3.63, 3.8) is 0 Å². The third kappa shape index (κ3) is 4.19. The second-order valence-corrected chi connectivity index (χ2v) is 11.1. The first-order chi connectivity index (χ1) is 17.8. The van der Waals surface area contributed by atoms with Crippen LogP contribution in [0.1, 0.15) is 64.2 Å². The normalized spacial score (nSPS) is 35.6. The minimum absolute atomic E-state index is 0.0913. The van der Waals surface area contributed by atoms with Crippen LogP contribution in [0.2, 0.25) is 0 Å². The standard InChI is InChI=1S/C28H35NO9/c1-15-8-6-10-19-26(15,3)23(38-24(33)17-9-7-11-29-13-17)22(32)28(5,35)27(19,4)20(37-16(2)30)12-18-14-36-25(34)21(18)31/h7-9,11,13,19-20,22-23,31-32,35H,6,10,12,14H2,1-5H3/t19-,20-,22-,23-,26-,27-,28-/m0/s1. The maximum Gasteiger partial charge on any atom is 0.373 e. The van der Waals surface area contributed by atoms with Crippen LogP contribution in [0.15, 0.2) is 47.5 Å². The van der Waals surface area contributed by atoms with E-state index in [1.54, 1.807) is 19.1 Å². The predicted molar refractivity (Wildman–Crippen MR) is 134 cm³/mol. The van der Waals surface area contributed by atoms with Gasteiger partial charge in [-0.3, -0.25) is 9.78 Å². The quantitative estimate of drug-likeness (QED) is 0.285. The third-order valence-corrected chi connectivity index (χ3v) is 9.19. The van der Waals surface area contributed by atoms with Crippen molar-refractivity contribution in [2.45, 2.75) is 77.8 Å². The molecule has 0 aromatic carbocycles. The molecule has 1 aromatic heterocycles. The fraction of sp³-hybridized carbons (Fsp3) is 0.571. The first-order valence-corrected chi connectivity index (χ1v) is 12.7. The molecule has 10 nitrogen and oxygen atoms in total. The van der Waals surface area contributed by atoms with Crippen LogP contribution >= 0.6 is 0 Å². The Kier molecular flexibility index (Phi) is 7.18. The van der Waals surface area contributed by atoms with Crippen LogP contribution in [0.25, 0.3) is 0 Å². The van der Waals surface area contributed by atoms with Gasteiger partial charge in [0.1, 0.15) is 30.5 Å². The van der Waals surface area contributed by atoms with Crippen LogP contribution in [-0.4, -0.2) is 68.7 Å². The molecule has 0 unspecified atom stereocenters. The molecule has 206 valence electrons. The number of nitrogens with zero attached hydrogens (tertiary/aromatic N) is 1. The minimum atomic E-state index is -1.94. The zero-order valence-corrected chi connectivity index (χ0v) is 22.3. The van der Waals surface area contributed by atoms with E-state index in [4.69, 9.17) is 14.2 Å². The van der Waals surface area contributed by atoms with Gasteiger partial charge >= 0.3 is 17.9 Å². The minimum Gasteiger partial charge on any atom is -0.502 e. The van der Waals surface area contributed by atoms with Crippen LogP contribution in [-0.2, 0) is 23.8 Å². The number of hydrogen-bond donors (Lipinski definition) is 3. The van der Waals surface area contributed by atoms with E-state index in [1.165, 1.54) is 26.2 Å². The SMILES string of the molecule is CC(=O)O[C@@H](CC1=C(O)C(=O)OC1)[C@]1(C)[C@H]2CCC=C(C)[C@]2(C)[C@@H](OC(=O)c2cccnc2)[C@H](O)[C@]1(C)O. The van der Waals surface area contributed by atoms with Crippen molar-refractivity contribution in [1.82, 2.24) is 4.98 Å². The number of esters is 3. The highest BCUT2D eigenvalue weighted by molar-refractivity contribution is 5.89. The van der Waals surface area contributed by atoms with E-state index in [2.05, 4.69) is 4.98 Å². The lowest BCUT2D eigenvalue weighted by Gasteiger charge is -2.66. The lowest BCUT2D eigenvalue weighted by Crippen LogP contribution is -2.75. The molecule has 0 radical (unpaired) electrons. The summed E-state index contributed by atoms with van der Waals surface area (Å²) in [6.07, 6.45) is 2.23. The van der Waals surface area contributed by atoms with Crippen molar-refractivity contribution in [3.8, 4) is 0 Å². The molecule has 38 heavy (non-hydrogen) atoms. The van der Waals surface area contributed by atoms with Gasteiger partial charge in [0, 0.05) is 42.1 Å². The fourth-order valence-electron chi connectivity index (χ4n) is 6.69. The first-order valence-electron chi connectivity index (χ1n) is 12.7. The smallest absolute Gasteiger partial charge is 0.373 e. The number of fused-ring (bicyclic) bond motifs is 1. The molecule has 7 atom stereocenters. The Labute approximate surface area is 221 Å². The van der Waals surface area contributed by atoms with E-state index in [-0.39, 0.29) is 24.2 Å². The van der Waals surface area contributed by atoms with Gasteiger partial charge in [0.05, 0.1) is 5.56 Å². The average molecular weight is 530 g/mol. The molecule has 2 heterocycles. The van der Waals surface area contributed by atoms with Crippen molar-refractivity contribution < 1.29 is 43.9 Å². The van der Waals surface area contributed by atoms with E-state index >= 15 is 0 Å². The predicted octanol–water partition coefficient (Wildman–Crippen LogP) is 2.79. The summed E-state index contributed by atoms with van der Waals surface area (Å²) >= 11 is 0. The highest BCUT2D eigenvalue weighted by Crippen LogP contribution is 2.64. The number of allylic oxidation sites excluding steroid dienone is 1. The third-order valence-electron chi connectivity index (χ3n) is 9.19. The Balaban J connectivity index is 1.83. The second-order valence-electron chi connectivity index (χ2n) is 11.1. The summed E-state index contributed by atoms with van der Waals surface area (Å²) in [5.41, 5.74) is -2.89. The number of pyridine rings is 1. The summed E-state index contributed by atoms with van der Waals surface area (Å²) in [5, 5.41) is 34.1. The Morgan fingerprint density at radius 1 is 1.29 bits per heavy atom. The molecule has 1 aliphatic heterocycles. The number of rotatable bonds is 6. The monoisotopic (exact) mass is 529 g/mol. The number of ether oxygens (including phenoxy) is 3. The van der Waals surface area contributed by atoms with Gasteiger partial charge in [-0.25, -0.2) is 9.59 Å². The zero-order chi connectivity index (χ0) is 28.0. The summed E-state index contributed by atoms with van der Waals surface area (Å²) in [6, 6.07) is 3.15. The summed E-state index contributed by atoms with van der Waals surface area (Å²) < 4.78 is 16.7. The molecule has 1 saturated carbocycles. The van der Waals surface area contributed by atoms with Gasteiger partial charge in [0.15, 0.2) is 0 Å². The van der Waals surface area contributed by atoms with Gasteiger partial charge < -0.3 is 29.5 Å². The van der Waals surface area contributed by atoms with E-state index in [9.17, 15) is 29.7 Å². The molecular formula is C28H35NO9. The van der Waals surface area contributed by atoms with Gasteiger partial charge in [-0.05, 0) is 44.7 Å². The van der Waals surface area contributed by atoms with Gasteiger partial charge in [0.25, 0.3) is 0 Å². The summed E-state index contributed by atoms with van der Waals surface area (Å²) in [4.78, 5) is 41.2. The van der Waals surface area contributed by atoms with E-state index in [0.717, 1.165) is 5.57 Å². The largest absolute Gasteiger partial charge is 0.502 e. The maximum atomic E-state index is 13.1. The average Bonchev–Trinajstić information content (AvgIpc) is 3.19. The van der Waals surface area contributed by atoms with E-state index < -0.39 is 64.3 Å². The molecule has 2 aliphatic carbocycles. The summed E-state index contributed by atoms with van der Waals surface area (Å²) in [5.74, 6) is -3.18. The highest BCUT2D eigenvalue weighted by atomic mass is 16.6. The van der Waals surface area contributed by atoms with Gasteiger partial charge in [-0.2, -0.15) is 0 Å². The topological polar surface area (TPSA) is 152 Å². The molecule has 0 spiro atoms. The zero-order valence-electron chi connectivity index (χ0n) is 22.3. The summed E-state index contributed by atoms with van der Waals surface area (Å²) in [6.45, 7) is 8.01. The van der Waals surface area contributed by atoms with Crippen molar-refractivity contribution in [1.29, 1.82) is 0 Å². The molecule has 3 N–H and O–H groups in total. The maximum absolute atomic E-state index is 13.1. The Bertz CT molecular complexity index is 1190. The van der Waals surface area contributed by atoms with Crippen molar-refractivity contribution in [2.24, 2.45) is 16.7 Å². The Morgan fingerprint density at radius 3 is 2.58 bits per heavy atom. The molecule has 0 amide bonds. The number of aliphatic hydroxyl groups excluding tert-OH is 2. The molecule has 0 bridgehead atoms. The Hall–Kier alpha value is -3.24. The van der Waals surface area contributed by atoms with Crippen LogP contribution in [0, 0.1) is 16.7 Å². The number of hydrogen-bond acceptors (Lipinski definition) is 10. The van der Waals surface area contributed by atoms with Crippen molar-refractivity contribution in [2.75, 3.05) is 6.61 Å². The van der Waals surface area contributed by atoms with E-state index in [0.29, 0.717) is 12.8 Å². The Morgan fingerprint density at radius 2 is 2.00 bits per heavy atom. The lowest BCUT2D eigenvalue weighted by molar-refractivity contribution is -0.291. The second kappa shape index (κ2) is 9.81. The molecule has 1 fully saturated rings. The molecule has 0 saturated heterocycles. The number of aliphatic hydroxyl groups is 3. The van der Waals surface area contributed by atoms with Gasteiger partial charge in [-0.1, -0.05) is 25.5 Å². The first kappa shape index (κ1) is 27.8. The lowest BCUT2D eigenvalue weighted by atomic mass is 9.43. The molecular weight excluding hydrogens is 494 g/mol. The van der Waals surface area contributed by atoms with Crippen molar-refractivity contribution >= 4 is 17.9 Å². The number of carbonyl (C=O) groups is 3. The van der Waals surface area contributed by atoms with Crippen LogP contribution in [0.3, 0.4) is 0 Å². The molecule has 4 rings (SSSR count). The van der Waals surface area contributed by atoms with E-state index in [1.807, 2.05) is 19.9 Å².